The first kappa shape index (κ1) is 13.7. The third-order valence-corrected chi connectivity index (χ3v) is 4.62. The summed E-state index contributed by atoms with van der Waals surface area (Å²) >= 11 is 4.78. The van der Waals surface area contributed by atoms with Crippen LogP contribution in [0.15, 0.2) is 34.9 Å². The summed E-state index contributed by atoms with van der Waals surface area (Å²) in [5.41, 5.74) is 2.06. The normalized spacial score (nSPS) is 11.5. The van der Waals surface area contributed by atoms with Crippen molar-refractivity contribution in [2.24, 2.45) is 0 Å². The van der Waals surface area contributed by atoms with E-state index in [-0.39, 0.29) is 6.61 Å². The number of aliphatic hydroxyl groups is 1. The second-order valence-electron chi connectivity index (χ2n) is 4.82. The highest BCUT2D eigenvalue weighted by Gasteiger charge is 2.12. The molecule has 110 valence electrons. The van der Waals surface area contributed by atoms with E-state index in [1.165, 1.54) is 11.3 Å². The molecule has 6 nitrogen and oxygen atoms in total. The molecule has 0 aliphatic heterocycles. The van der Waals surface area contributed by atoms with Crippen molar-refractivity contribution in [1.82, 2.24) is 24.8 Å². The molecular weight excluding hydrogens is 366 g/mol. The van der Waals surface area contributed by atoms with E-state index in [0.717, 1.165) is 26.8 Å². The molecular formula is C14H10BrN5OS. The van der Waals surface area contributed by atoms with Gasteiger partial charge in [0.2, 0.25) is 4.96 Å². The van der Waals surface area contributed by atoms with E-state index >= 15 is 0 Å². The summed E-state index contributed by atoms with van der Waals surface area (Å²) in [5, 5.41) is 23.4. The van der Waals surface area contributed by atoms with Gasteiger partial charge < -0.3 is 5.11 Å². The van der Waals surface area contributed by atoms with E-state index in [4.69, 9.17) is 5.11 Å². The molecule has 8 heteroatoms. The number of aliphatic hydroxyl groups excluding tert-OH is 1. The highest BCUT2D eigenvalue weighted by molar-refractivity contribution is 9.10. The van der Waals surface area contributed by atoms with Gasteiger partial charge in [-0.2, -0.15) is 9.61 Å². The Morgan fingerprint density at radius 2 is 2.14 bits per heavy atom. The molecule has 0 aliphatic carbocycles. The van der Waals surface area contributed by atoms with Gasteiger partial charge >= 0.3 is 0 Å². The predicted molar refractivity (Wildman–Crippen MR) is 86.8 cm³/mol. The van der Waals surface area contributed by atoms with Gasteiger partial charge in [-0.3, -0.25) is 4.98 Å². The molecule has 3 aromatic heterocycles. The van der Waals surface area contributed by atoms with Crippen LogP contribution in [0, 0.1) is 0 Å². The summed E-state index contributed by atoms with van der Waals surface area (Å²) < 4.78 is 2.65. The Kier molecular flexibility index (Phi) is 3.36. The second-order valence-corrected chi connectivity index (χ2v) is 6.78. The van der Waals surface area contributed by atoms with Crippen LogP contribution in [0.1, 0.15) is 16.4 Å². The largest absolute Gasteiger partial charge is 0.389 e. The van der Waals surface area contributed by atoms with Gasteiger partial charge in [0.1, 0.15) is 5.01 Å². The minimum Gasteiger partial charge on any atom is -0.389 e. The number of hydrogen-bond donors (Lipinski definition) is 1. The van der Waals surface area contributed by atoms with E-state index in [9.17, 15) is 0 Å². The maximum atomic E-state index is 9.16. The molecule has 4 aromatic rings. The van der Waals surface area contributed by atoms with Crippen molar-refractivity contribution in [3.8, 4) is 0 Å². The first-order valence-corrected chi connectivity index (χ1v) is 8.19. The number of halogens is 1. The maximum Gasteiger partial charge on any atom is 0.234 e. The van der Waals surface area contributed by atoms with E-state index in [1.807, 2.05) is 18.2 Å². The van der Waals surface area contributed by atoms with Gasteiger partial charge in [0.05, 0.1) is 12.1 Å². The van der Waals surface area contributed by atoms with E-state index in [2.05, 4.69) is 42.3 Å². The van der Waals surface area contributed by atoms with E-state index in [0.29, 0.717) is 16.4 Å². The Morgan fingerprint density at radius 1 is 1.23 bits per heavy atom. The average Bonchev–Trinajstić information content (AvgIpc) is 3.08. The second kappa shape index (κ2) is 5.38. The van der Waals surface area contributed by atoms with E-state index in [1.54, 1.807) is 10.7 Å². The Balaban J connectivity index is 1.73. The van der Waals surface area contributed by atoms with Gasteiger partial charge in [-0.05, 0) is 39.7 Å². The van der Waals surface area contributed by atoms with Gasteiger partial charge in [0, 0.05) is 22.5 Å². The molecule has 0 fully saturated rings. The molecule has 0 radical (unpaired) electrons. The summed E-state index contributed by atoms with van der Waals surface area (Å²) in [5.74, 6) is 0.758. The molecule has 0 bridgehead atoms. The maximum absolute atomic E-state index is 9.16. The summed E-state index contributed by atoms with van der Waals surface area (Å²) in [4.78, 5) is 5.06. The lowest BCUT2D eigenvalue weighted by atomic mass is 10.1. The Bertz CT molecular complexity index is 980. The molecule has 0 saturated carbocycles. The molecule has 1 aromatic carbocycles. The lowest BCUT2D eigenvalue weighted by Gasteiger charge is -2.02. The molecule has 1 N–H and O–H groups in total. The number of nitrogens with zero attached hydrogens (tertiary/aromatic N) is 5. The zero-order valence-electron chi connectivity index (χ0n) is 11.3. The van der Waals surface area contributed by atoms with Crippen LogP contribution in [0.4, 0.5) is 0 Å². The van der Waals surface area contributed by atoms with Crippen molar-refractivity contribution in [3.05, 3.63) is 51.3 Å². The van der Waals surface area contributed by atoms with Crippen LogP contribution in [-0.2, 0) is 13.0 Å². The van der Waals surface area contributed by atoms with Gasteiger partial charge in [0.15, 0.2) is 5.82 Å². The van der Waals surface area contributed by atoms with Gasteiger partial charge in [0.25, 0.3) is 0 Å². The summed E-state index contributed by atoms with van der Waals surface area (Å²) in [6.45, 7) is -0.0802. The number of aromatic nitrogens is 5. The Hall–Kier alpha value is -1.90. The molecule has 0 unspecified atom stereocenters. The molecule has 0 amide bonds. The number of rotatable bonds is 3. The average molecular weight is 376 g/mol. The van der Waals surface area contributed by atoms with Crippen molar-refractivity contribution in [2.75, 3.05) is 0 Å². The van der Waals surface area contributed by atoms with Crippen molar-refractivity contribution < 1.29 is 5.11 Å². The fourth-order valence-electron chi connectivity index (χ4n) is 2.32. The van der Waals surface area contributed by atoms with Crippen LogP contribution in [0.25, 0.3) is 15.9 Å². The van der Waals surface area contributed by atoms with Crippen LogP contribution in [0.3, 0.4) is 0 Å². The minimum atomic E-state index is -0.0802. The molecule has 0 atom stereocenters. The molecule has 4 rings (SSSR count). The van der Waals surface area contributed by atoms with Crippen LogP contribution in [0.5, 0.6) is 0 Å². The SMILES string of the molecule is OCc1nn2c(Cc3ccc4ncc(Br)cc4c3)nnc2s1. The number of hydrogen-bond acceptors (Lipinski definition) is 6. The molecule has 0 saturated heterocycles. The quantitative estimate of drug-likeness (QED) is 0.595. The number of fused-ring (bicyclic) bond motifs is 2. The summed E-state index contributed by atoms with van der Waals surface area (Å²) in [7, 11) is 0. The van der Waals surface area contributed by atoms with Crippen molar-refractivity contribution in [1.29, 1.82) is 0 Å². The van der Waals surface area contributed by atoms with Gasteiger partial charge in [-0.1, -0.05) is 17.4 Å². The topological polar surface area (TPSA) is 76.2 Å². The number of pyridine rings is 1. The zero-order chi connectivity index (χ0) is 15.1. The van der Waals surface area contributed by atoms with Crippen molar-refractivity contribution in [3.63, 3.8) is 0 Å². The fraction of sp³-hybridized carbons (Fsp3) is 0.143. The molecule has 3 heterocycles. The van der Waals surface area contributed by atoms with E-state index < -0.39 is 0 Å². The van der Waals surface area contributed by atoms with Crippen LogP contribution < -0.4 is 0 Å². The highest BCUT2D eigenvalue weighted by atomic mass is 79.9. The van der Waals surface area contributed by atoms with Crippen LogP contribution in [-0.4, -0.2) is 29.9 Å². The van der Waals surface area contributed by atoms with Crippen molar-refractivity contribution in [2.45, 2.75) is 13.0 Å². The lowest BCUT2D eigenvalue weighted by Crippen LogP contribution is -1.98. The van der Waals surface area contributed by atoms with Crippen LogP contribution in [0.2, 0.25) is 0 Å². The molecule has 22 heavy (non-hydrogen) atoms. The minimum absolute atomic E-state index is 0.0802. The highest BCUT2D eigenvalue weighted by Crippen LogP contribution is 2.21. The first-order chi connectivity index (χ1) is 10.7. The smallest absolute Gasteiger partial charge is 0.234 e. The standard InChI is InChI=1S/C14H10BrN5OS/c15-10-5-9-3-8(1-2-11(9)16-6-10)4-12-17-18-14-20(12)19-13(7-21)22-14/h1-3,5-6,21H,4,7H2. The van der Waals surface area contributed by atoms with Gasteiger partial charge in [-0.25, -0.2) is 0 Å². The predicted octanol–water partition coefficient (Wildman–Crippen LogP) is 2.58. The van der Waals surface area contributed by atoms with Crippen molar-refractivity contribution >= 4 is 43.1 Å². The van der Waals surface area contributed by atoms with Gasteiger partial charge in [-0.15, -0.1) is 10.2 Å². The number of benzene rings is 1. The zero-order valence-corrected chi connectivity index (χ0v) is 13.7. The molecule has 0 aliphatic rings. The molecule has 0 spiro atoms. The third kappa shape index (κ3) is 2.39. The fourth-order valence-corrected chi connectivity index (χ4v) is 3.38. The Labute approximate surface area is 137 Å². The summed E-state index contributed by atoms with van der Waals surface area (Å²) in [6, 6.07) is 8.16. The summed E-state index contributed by atoms with van der Waals surface area (Å²) in [6.07, 6.45) is 2.41. The van der Waals surface area contributed by atoms with Crippen LogP contribution >= 0.6 is 27.3 Å². The first-order valence-electron chi connectivity index (χ1n) is 6.58. The lowest BCUT2D eigenvalue weighted by molar-refractivity contribution is 0.279. The third-order valence-electron chi connectivity index (χ3n) is 3.31. The Morgan fingerprint density at radius 3 is 3.00 bits per heavy atom. The monoisotopic (exact) mass is 375 g/mol.